The highest BCUT2D eigenvalue weighted by Crippen LogP contribution is 2.21. The molecule has 0 aliphatic rings. The van der Waals surface area contributed by atoms with E-state index in [-0.39, 0.29) is 18.1 Å². The lowest BCUT2D eigenvalue weighted by Gasteiger charge is -2.18. The van der Waals surface area contributed by atoms with Crippen LogP contribution in [0.25, 0.3) is 5.65 Å². The monoisotopic (exact) mass is 351 g/mol. The van der Waals surface area contributed by atoms with Gasteiger partial charge in [-0.3, -0.25) is 14.0 Å². The topological polar surface area (TPSA) is 72.7 Å². The molecule has 2 aromatic heterocycles. The van der Waals surface area contributed by atoms with Crippen molar-refractivity contribution in [3.05, 3.63) is 70.8 Å². The van der Waals surface area contributed by atoms with E-state index in [1.54, 1.807) is 42.6 Å². The minimum Gasteiger partial charge on any atom is -0.487 e. The number of benzene rings is 1. The highest BCUT2D eigenvalue weighted by Gasteiger charge is 2.21. The van der Waals surface area contributed by atoms with Crippen molar-refractivity contribution in [3.63, 3.8) is 0 Å². The molecule has 0 aliphatic carbocycles. The Kier molecular flexibility index (Phi) is 4.75. The Labute approximate surface area is 151 Å². The Morgan fingerprint density at radius 2 is 1.96 bits per heavy atom. The van der Waals surface area contributed by atoms with Crippen LogP contribution in [0.1, 0.15) is 26.5 Å². The number of nitrogens with one attached hydrogen (secondary N) is 1. The number of ether oxygens (including phenoxy) is 1. The van der Waals surface area contributed by atoms with E-state index in [0.29, 0.717) is 22.8 Å². The Morgan fingerprint density at radius 3 is 2.73 bits per heavy atom. The van der Waals surface area contributed by atoms with Gasteiger partial charge in [-0.15, -0.1) is 0 Å². The van der Waals surface area contributed by atoms with Crippen molar-refractivity contribution in [2.45, 2.75) is 27.4 Å². The molecule has 3 aromatic rings. The van der Waals surface area contributed by atoms with Crippen LogP contribution in [-0.2, 0) is 11.4 Å². The fourth-order valence-corrected chi connectivity index (χ4v) is 2.32. The van der Waals surface area contributed by atoms with Gasteiger partial charge in [0.1, 0.15) is 18.0 Å². The van der Waals surface area contributed by atoms with Gasteiger partial charge in [0.25, 0.3) is 5.56 Å². The van der Waals surface area contributed by atoms with Crippen LogP contribution in [0, 0.1) is 5.41 Å². The van der Waals surface area contributed by atoms with Gasteiger partial charge in [0.15, 0.2) is 0 Å². The molecule has 0 aliphatic heterocycles. The minimum atomic E-state index is -0.478. The van der Waals surface area contributed by atoms with E-state index in [1.807, 2.05) is 26.8 Å². The lowest BCUT2D eigenvalue weighted by molar-refractivity contribution is -0.123. The molecule has 134 valence electrons. The highest BCUT2D eigenvalue weighted by molar-refractivity contribution is 5.94. The Morgan fingerprint density at radius 1 is 1.15 bits per heavy atom. The van der Waals surface area contributed by atoms with Gasteiger partial charge in [-0.25, -0.2) is 4.98 Å². The fourth-order valence-electron chi connectivity index (χ4n) is 2.32. The SMILES string of the molecule is CC(C)(C)C(=O)Nc1cccc(OCc2cc(=O)n3ccccc3n2)c1. The van der Waals surface area contributed by atoms with Crippen LogP contribution in [0.15, 0.2) is 59.5 Å². The second kappa shape index (κ2) is 7.00. The summed E-state index contributed by atoms with van der Waals surface area (Å²) in [4.78, 5) is 28.6. The number of rotatable bonds is 4. The van der Waals surface area contributed by atoms with Crippen molar-refractivity contribution in [3.8, 4) is 5.75 Å². The molecule has 0 radical (unpaired) electrons. The number of hydrogen-bond donors (Lipinski definition) is 1. The first-order valence-electron chi connectivity index (χ1n) is 8.34. The molecule has 1 aromatic carbocycles. The summed E-state index contributed by atoms with van der Waals surface area (Å²) in [6, 6.07) is 14.0. The maximum absolute atomic E-state index is 12.1. The van der Waals surface area contributed by atoms with Crippen LogP contribution in [-0.4, -0.2) is 15.3 Å². The standard InChI is InChI=1S/C20H21N3O3/c1-20(2,3)19(25)22-14-7-6-8-16(11-14)26-13-15-12-18(24)23-10-5-4-9-17(23)21-15/h4-12H,13H2,1-3H3,(H,22,25). The molecular weight excluding hydrogens is 330 g/mol. The van der Waals surface area contributed by atoms with E-state index in [1.165, 1.54) is 10.5 Å². The predicted molar refractivity (Wildman–Crippen MR) is 100 cm³/mol. The second-order valence-electron chi connectivity index (χ2n) is 7.04. The van der Waals surface area contributed by atoms with Gasteiger partial charge in [-0.2, -0.15) is 0 Å². The number of anilines is 1. The molecule has 6 heteroatoms. The first-order chi connectivity index (χ1) is 12.3. The Balaban J connectivity index is 1.73. The lowest BCUT2D eigenvalue weighted by Crippen LogP contribution is -2.27. The second-order valence-corrected chi connectivity index (χ2v) is 7.04. The molecule has 1 N–H and O–H groups in total. The van der Waals surface area contributed by atoms with Gasteiger partial charge >= 0.3 is 0 Å². The number of amides is 1. The van der Waals surface area contributed by atoms with Gasteiger partial charge in [0.05, 0.1) is 5.69 Å². The number of fused-ring (bicyclic) bond motifs is 1. The molecule has 6 nitrogen and oxygen atoms in total. The summed E-state index contributed by atoms with van der Waals surface area (Å²) in [5, 5.41) is 2.87. The Hall–Kier alpha value is -3.15. The molecule has 1 amide bonds. The molecule has 2 heterocycles. The average molecular weight is 351 g/mol. The third-order valence-corrected chi connectivity index (χ3v) is 3.78. The van der Waals surface area contributed by atoms with E-state index < -0.39 is 5.41 Å². The molecule has 0 saturated carbocycles. The van der Waals surface area contributed by atoms with E-state index >= 15 is 0 Å². The summed E-state index contributed by atoms with van der Waals surface area (Å²) in [7, 11) is 0. The molecule has 26 heavy (non-hydrogen) atoms. The molecule has 0 atom stereocenters. The number of carbonyl (C=O) groups excluding carboxylic acids is 1. The maximum atomic E-state index is 12.1. The quantitative estimate of drug-likeness (QED) is 0.783. The van der Waals surface area contributed by atoms with Crippen molar-refractivity contribution in [2.24, 2.45) is 5.41 Å². The average Bonchev–Trinajstić information content (AvgIpc) is 2.59. The van der Waals surface area contributed by atoms with Crippen LogP contribution in [0.2, 0.25) is 0 Å². The fraction of sp³-hybridized carbons (Fsp3) is 0.250. The zero-order chi connectivity index (χ0) is 18.7. The summed E-state index contributed by atoms with van der Waals surface area (Å²) < 4.78 is 7.22. The predicted octanol–water partition coefficient (Wildman–Crippen LogP) is 3.26. The Bertz CT molecular complexity index is 1000. The largest absolute Gasteiger partial charge is 0.487 e. The number of pyridine rings is 1. The summed E-state index contributed by atoms with van der Waals surface area (Å²) in [5.41, 5.74) is 1.15. The van der Waals surface area contributed by atoms with E-state index in [0.717, 1.165) is 0 Å². The molecule has 0 fully saturated rings. The zero-order valence-electron chi connectivity index (χ0n) is 15.0. The van der Waals surface area contributed by atoms with Crippen molar-refractivity contribution in [1.29, 1.82) is 0 Å². The van der Waals surface area contributed by atoms with Gasteiger partial charge in [0.2, 0.25) is 5.91 Å². The first-order valence-corrected chi connectivity index (χ1v) is 8.34. The molecule has 3 rings (SSSR count). The lowest BCUT2D eigenvalue weighted by atomic mass is 9.95. The molecule has 0 saturated heterocycles. The van der Waals surface area contributed by atoms with Crippen LogP contribution >= 0.6 is 0 Å². The third-order valence-electron chi connectivity index (χ3n) is 3.78. The molecule has 0 unspecified atom stereocenters. The van der Waals surface area contributed by atoms with Crippen LogP contribution in [0.5, 0.6) is 5.75 Å². The summed E-state index contributed by atoms with van der Waals surface area (Å²) in [6.45, 7) is 5.73. The van der Waals surface area contributed by atoms with Gasteiger partial charge < -0.3 is 10.1 Å². The smallest absolute Gasteiger partial charge is 0.258 e. The first kappa shape index (κ1) is 17.7. The molecule has 0 spiro atoms. The van der Waals surface area contributed by atoms with Gasteiger partial charge in [-0.05, 0) is 24.3 Å². The van der Waals surface area contributed by atoms with Crippen LogP contribution < -0.4 is 15.6 Å². The van der Waals surface area contributed by atoms with Crippen molar-refractivity contribution in [1.82, 2.24) is 9.38 Å². The van der Waals surface area contributed by atoms with Gasteiger partial charge in [0, 0.05) is 29.4 Å². The maximum Gasteiger partial charge on any atom is 0.258 e. The van der Waals surface area contributed by atoms with Crippen molar-refractivity contribution < 1.29 is 9.53 Å². The van der Waals surface area contributed by atoms with E-state index in [4.69, 9.17) is 4.74 Å². The van der Waals surface area contributed by atoms with Crippen LogP contribution in [0.4, 0.5) is 5.69 Å². The highest BCUT2D eigenvalue weighted by atomic mass is 16.5. The summed E-state index contributed by atoms with van der Waals surface area (Å²) in [6.07, 6.45) is 1.68. The van der Waals surface area contributed by atoms with E-state index in [2.05, 4.69) is 10.3 Å². The molecule has 0 bridgehead atoms. The number of carbonyl (C=O) groups is 1. The summed E-state index contributed by atoms with van der Waals surface area (Å²) >= 11 is 0. The van der Waals surface area contributed by atoms with Crippen LogP contribution in [0.3, 0.4) is 0 Å². The van der Waals surface area contributed by atoms with Gasteiger partial charge in [-0.1, -0.05) is 32.9 Å². The zero-order valence-corrected chi connectivity index (χ0v) is 15.0. The third kappa shape index (κ3) is 4.08. The van der Waals surface area contributed by atoms with E-state index in [9.17, 15) is 9.59 Å². The molecular formula is C20H21N3O3. The normalized spacial score (nSPS) is 11.3. The summed E-state index contributed by atoms with van der Waals surface area (Å²) in [5.74, 6) is 0.519. The minimum absolute atomic E-state index is 0.0705. The van der Waals surface area contributed by atoms with Crippen molar-refractivity contribution >= 4 is 17.2 Å². The number of nitrogens with zero attached hydrogens (tertiary/aromatic N) is 2. The number of aromatic nitrogens is 2. The van der Waals surface area contributed by atoms with Crippen molar-refractivity contribution in [2.75, 3.05) is 5.32 Å². The number of hydrogen-bond acceptors (Lipinski definition) is 4.